The summed E-state index contributed by atoms with van der Waals surface area (Å²) < 4.78 is 59.5. The molecule has 0 aliphatic carbocycles. The van der Waals surface area contributed by atoms with Crippen molar-refractivity contribution in [2.45, 2.75) is 12.7 Å². The van der Waals surface area contributed by atoms with Gasteiger partial charge in [-0.2, -0.15) is 23.0 Å². The van der Waals surface area contributed by atoms with Crippen LogP contribution in [0.5, 0.6) is 0 Å². The molecular weight excluding hydrogens is 448 g/mol. The minimum Gasteiger partial charge on any atom is -0.383 e. The Hall–Kier alpha value is -3.80. The van der Waals surface area contributed by atoms with E-state index in [1.165, 1.54) is 25.3 Å². The van der Waals surface area contributed by atoms with Crippen LogP contribution in [0.4, 0.5) is 17.6 Å². The molecule has 0 atom stereocenters. The highest BCUT2D eigenvalue weighted by molar-refractivity contribution is 5.91. The number of nitrogens with one attached hydrogen (secondary N) is 1. The standard InChI is InChI=1S/C21H18F4N4O4/c1-33-10-9-26-18(30)17-19(31)28(12-13-5-2-3-8-16(13)22)20(32)29(27-17)15-7-4-6-14(11-15)21(23,24)25/h2-8,11H,9-10,12H2,1H3,(H,26,30). The first-order valence-electron chi connectivity index (χ1n) is 9.56. The molecule has 8 nitrogen and oxygen atoms in total. The third kappa shape index (κ3) is 5.34. The maximum absolute atomic E-state index is 14.2. The second-order valence-corrected chi connectivity index (χ2v) is 6.82. The van der Waals surface area contributed by atoms with Gasteiger partial charge >= 0.3 is 11.9 Å². The molecule has 2 aromatic carbocycles. The van der Waals surface area contributed by atoms with Crippen LogP contribution in [-0.4, -0.2) is 40.5 Å². The highest BCUT2D eigenvalue weighted by Gasteiger charge is 2.31. The fraction of sp³-hybridized carbons (Fsp3) is 0.238. The largest absolute Gasteiger partial charge is 0.416 e. The summed E-state index contributed by atoms with van der Waals surface area (Å²) in [5.41, 5.74) is -4.45. The van der Waals surface area contributed by atoms with Gasteiger partial charge in [0, 0.05) is 19.2 Å². The van der Waals surface area contributed by atoms with Crippen LogP contribution < -0.4 is 16.6 Å². The summed E-state index contributed by atoms with van der Waals surface area (Å²) >= 11 is 0. The molecule has 0 saturated heterocycles. The number of carbonyl (C=O) groups excluding carboxylic acids is 1. The second kappa shape index (κ2) is 9.77. The Kier molecular flexibility index (Phi) is 7.07. The van der Waals surface area contributed by atoms with E-state index in [1.807, 2.05) is 0 Å². The fourth-order valence-electron chi connectivity index (χ4n) is 2.93. The highest BCUT2D eigenvalue weighted by atomic mass is 19.4. The molecule has 0 aliphatic rings. The number of rotatable bonds is 7. The Morgan fingerprint density at radius 1 is 1.12 bits per heavy atom. The maximum Gasteiger partial charge on any atom is 0.416 e. The summed E-state index contributed by atoms with van der Waals surface area (Å²) in [5.74, 6) is -1.68. The number of methoxy groups -OCH3 is 1. The highest BCUT2D eigenvalue weighted by Crippen LogP contribution is 2.29. The van der Waals surface area contributed by atoms with Crippen molar-refractivity contribution >= 4 is 5.91 Å². The molecule has 174 valence electrons. The zero-order valence-corrected chi connectivity index (χ0v) is 17.2. The lowest BCUT2D eigenvalue weighted by atomic mass is 10.2. The van der Waals surface area contributed by atoms with Gasteiger partial charge in [0.1, 0.15) is 5.82 Å². The van der Waals surface area contributed by atoms with E-state index in [2.05, 4.69) is 10.4 Å². The van der Waals surface area contributed by atoms with Gasteiger partial charge in [-0.25, -0.2) is 9.18 Å². The van der Waals surface area contributed by atoms with Gasteiger partial charge in [-0.15, -0.1) is 0 Å². The van der Waals surface area contributed by atoms with Crippen molar-refractivity contribution in [2.24, 2.45) is 0 Å². The number of nitrogens with zero attached hydrogens (tertiary/aromatic N) is 3. The van der Waals surface area contributed by atoms with Gasteiger partial charge in [-0.05, 0) is 24.3 Å². The van der Waals surface area contributed by atoms with Crippen LogP contribution in [0.2, 0.25) is 0 Å². The summed E-state index contributed by atoms with van der Waals surface area (Å²) in [6.45, 7) is -0.445. The fourth-order valence-corrected chi connectivity index (χ4v) is 2.93. The SMILES string of the molecule is COCCNC(=O)c1nn(-c2cccc(C(F)(F)F)c2)c(=O)n(Cc2ccccc2F)c1=O. The van der Waals surface area contributed by atoms with Crippen LogP contribution in [0.15, 0.2) is 58.1 Å². The van der Waals surface area contributed by atoms with Crippen LogP contribution >= 0.6 is 0 Å². The summed E-state index contributed by atoms with van der Waals surface area (Å²) in [6, 6.07) is 8.99. The van der Waals surface area contributed by atoms with Crippen LogP contribution in [0, 0.1) is 5.82 Å². The molecular formula is C21H18F4N4O4. The molecule has 12 heteroatoms. The number of amides is 1. The van der Waals surface area contributed by atoms with E-state index >= 15 is 0 Å². The molecule has 33 heavy (non-hydrogen) atoms. The minimum absolute atomic E-state index is 0.00640. The zero-order valence-electron chi connectivity index (χ0n) is 17.2. The molecule has 0 aliphatic heterocycles. The Labute approximate surface area is 184 Å². The van der Waals surface area contributed by atoms with Crippen molar-refractivity contribution in [3.05, 3.63) is 92.0 Å². The van der Waals surface area contributed by atoms with Crippen molar-refractivity contribution in [1.29, 1.82) is 0 Å². The minimum atomic E-state index is -4.71. The van der Waals surface area contributed by atoms with Crippen LogP contribution in [0.3, 0.4) is 0 Å². The summed E-state index contributed by atoms with van der Waals surface area (Å²) in [4.78, 5) is 38.4. The molecule has 0 radical (unpaired) electrons. The molecule has 0 unspecified atom stereocenters. The number of carbonyl (C=O) groups is 1. The smallest absolute Gasteiger partial charge is 0.383 e. The average Bonchev–Trinajstić information content (AvgIpc) is 2.77. The van der Waals surface area contributed by atoms with Gasteiger partial charge in [-0.1, -0.05) is 24.3 Å². The van der Waals surface area contributed by atoms with Gasteiger partial charge < -0.3 is 10.1 Å². The van der Waals surface area contributed by atoms with Crippen molar-refractivity contribution in [1.82, 2.24) is 19.7 Å². The number of benzene rings is 2. The van der Waals surface area contributed by atoms with Crippen molar-refractivity contribution in [3.63, 3.8) is 0 Å². The summed E-state index contributed by atoms with van der Waals surface area (Å²) in [7, 11) is 1.39. The first-order valence-corrected chi connectivity index (χ1v) is 9.56. The predicted molar refractivity (Wildman–Crippen MR) is 109 cm³/mol. The normalized spacial score (nSPS) is 11.4. The molecule has 3 rings (SSSR count). The Morgan fingerprint density at radius 3 is 2.52 bits per heavy atom. The number of ether oxygens (including phenoxy) is 1. The number of hydrogen-bond acceptors (Lipinski definition) is 5. The van der Waals surface area contributed by atoms with Crippen molar-refractivity contribution < 1.29 is 27.1 Å². The monoisotopic (exact) mass is 466 g/mol. The molecule has 1 N–H and O–H groups in total. The Bertz CT molecular complexity index is 1280. The van der Waals surface area contributed by atoms with E-state index in [0.717, 1.165) is 24.3 Å². The van der Waals surface area contributed by atoms with Crippen molar-refractivity contribution in [2.75, 3.05) is 20.3 Å². The number of alkyl halides is 3. The molecule has 0 fully saturated rings. The third-order valence-electron chi connectivity index (χ3n) is 4.57. The van der Waals surface area contributed by atoms with Gasteiger partial charge in [0.2, 0.25) is 5.69 Å². The molecule has 0 bridgehead atoms. The van der Waals surface area contributed by atoms with Gasteiger partial charge in [-0.3, -0.25) is 14.2 Å². The number of halogens is 4. The molecule has 1 aromatic heterocycles. The number of hydrogen-bond donors (Lipinski definition) is 1. The molecule has 3 aromatic rings. The Balaban J connectivity index is 2.20. The second-order valence-electron chi connectivity index (χ2n) is 6.82. The van der Waals surface area contributed by atoms with Gasteiger partial charge in [0.05, 0.1) is 24.4 Å². The average molecular weight is 466 g/mol. The predicted octanol–water partition coefficient (Wildman–Crippen LogP) is 1.98. The van der Waals surface area contributed by atoms with E-state index in [-0.39, 0.29) is 24.4 Å². The topological polar surface area (TPSA) is 95.2 Å². The molecule has 0 spiro atoms. The summed E-state index contributed by atoms with van der Waals surface area (Å²) in [5, 5.41) is 6.09. The Morgan fingerprint density at radius 2 is 1.85 bits per heavy atom. The maximum atomic E-state index is 14.2. The molecule has 0 saturated carbocycles. The van der Waals surface area contributed by atoms with E-state index in [9.17, 15) is 31.9 Å². The third-order valence-corrected chi connectivity index (χ3v) is 4.57. The summed E-state index contributed by atoms with van der Waals surface area (Å²) in [6.07, 6.45) is -4.71. The lowest BCUT2D eigenvalue weighted by Gasteiger charge is -2.14. The quantitative estimate of drug-likeness (QED) is 0.425. The van der Waals surface area contributed by atoms with Crippen LogP contribution in [0.1, 0.15) is 21.6 Å². The zero-order chi connectivity index (χ0) is 24.2. The first kappa shape index (κ1) is 23.9. The van der Waals surface area contributed by atoms with Gasteiger partial charge in [0.15, 0.2) is 0 Å². The lowest BCUT2D eigenvalue weighted by Crippen LogP contribution is -2.46. The van der Waals surface area contributed by atoms with E-state index < -0.39 is 47.0 Å². The molecule has 1 amide bonds. The number of aromatic nitrogens is 3. The van der Waals surface area contributed by atoms with Gasteiger partial charge in [0.25, 0.3) is 11.5 Å². The van der Waals surface area contributed by atoms with E-state index in [0.29, 0.717) is 15.3 Å². The lowest BCUT2D eigenvalue weighted by molar-refractivity contribution is -0.137. The first-order chi connectivity index (χ1) is 15.6. The molecule has 1 heterocycles. The van der Waals surface area contributed by atoms with Crippen LogP contribution in [0.25, 0.3) is 5.69 Å². The van der Waals surface area contributed by atoms with Crippen molar-refractivity contribution in [3.8, 4) is 5.69 Å². The van der Waals surface area contributed by atoms with E-state index in [4.69, 9.17) is 4.74 Å². The van der Waals surface area contributed by atoms with Crippen LogP contribution in [-0.2, 0) is 17.5 Å². The van der Waals surface area contributed by atoms with E-state index in [1.54, 1.807) is 0 Å².